The average Bonchev–Trinajstić information content (AvgIpc) is 2.98. The molecule has 2 unspecified atom stereocenters. The van der Waals surface area contributed by atoms with E-state index >= 15 is 0 Å². The molecule has 2 rings (SSSR count). The largest absolute Gasteiger partial charge is 0.378 e. The van der Waals surface area contributed by atoms with Crippen LogP contribution in [-0.4, -0.2) is 41.7 Å². The molecule has 0 aromatic carbocycles. The zero-order valence-electron chi connectivity index (χ0n) is 12.8. The number of hydrogen-bond acceptors (Lipinski definition) is 5. The second-order valence-electron chi connectivity index (χ2n) is 5.29. The van der Waals surface area contributed by atoms with Crippen LogP contribution in [0.3, 0.4) is 0 Å². The van der Waals surface area contributed by atoms with Gasteiger partial charge in [0.25, 0.3) is 5.91 Å². The highest BCUT2D eigenvalue weighted by atomic mass is 16.5. The summed E-state index contributed by atoms with van der Waals surface area (Å²) in [5.74, 6) is 0.923. The Bertz CT molecular complexity index is 449. The molecule has 0 saturated carbocycles. The van der Waals surface area contributed by atoms with Gasteiger partial charge in [0.1, 0.15) is 11.5 Å². The van der Waals surface area contributed by atoms with E-state index in [0.29, 0.717) is 24.0 Å². The molecular weight excluding hydrogens is 268 g/mol. The number of carbonyl (C=O) groups is 1. The molecule has 1 aromatic heterocycles. The summed E-state index contributed by atoms with van der Waals surface area (Å²) in [6, 6.07) is 0. The van der Waals surface area contributed by atoms with E-state index in [4.69, 9.17) is 4.74 Å². The minimum atomic E-state index is -0.175. The Balaban J connectivity index is 1.82. The fourth-order valence-corrected chi connectivity index (χ4v) is 2.48. The topological polar surface area (TPSA) is 76.1 Å². The standard InChI is InChI=1S/C15H24N4O2/c1-3-6-16-14-10-17-12(9-18-14)15(20)19-8-11-5-7-21-13(11)4-2/h9-11,13H,3-8H2,1-2H3,(H,16,18)(H,19,20). The molecule has 1 saturated heterocycles. The van der Waals surface area contributed by atoms with Crippen LogP contribution in [0.2, 0.25) is 0 Å². The van der Waals surface area contributed by atoms with Crippen molar-refractivity contribution in [3.05, 3.63) is 18.1 Å². The van der Waals surface area contributed by atoms with Crippen molar-refractivity contribution in [2.24, 2.45) is 5.92 Å². The van der Waals surface area contributed by atoms with Gasteiger partial charge in [0, 0.05) is 25.6 Å². The monoisotopic (exact) mass is 292 g/mol. The zero-order valence-corrected chi connectivity index (χ0v) is 12.8. The second-order valence-corrected chi connectivity index (χ2v) is 5.29. The molecule has 1 fully saturated rings. The Morgan fingerprint density at radius 3 is 2.90 bits per heavy atom. The number of carbonyl (C=O) groups excluding carboxylic acids is 1. The van der Waals surface area contributed by atoms with E-state index in [1.165, 1.54) is 6.20 Å². The summed E-state index contributed by atoms with van der Waals surface area (Å²) in [6.07, 6.45) is 6.37. The van der Waals surface area contributed by atoms with E-state index in [1.807, 2.05) is 0 Å². The Hall–Kier alpha value is -1.69. The number of ether oxygens (including phenoxy) is 1. The van der Waals surface area contributed by atoms with E-state index < -0.39 is 0 Å². The molecule has 1 amide bonds. The van der Waals surface area contributed by atoms with E-state index in [2.05, 4.69) is 34.4 Å². The molecule has 2 N–H and O–H groups in total. The van der Waals surface area contributed by atoms with Gasteiger partial charge in [0.2, 0.25) is 0 Å². The first-order chi connectivity index (χ1) is 10.2. The van der Waals surface area contributed by atoms with Crippen LogP contribution in [0.5, 0.6) is 0 Å². The minimum absolute atomic E-state index is 0.175. The van der Waals surface area contributed by atoms with Crippen LogP contribution in [0, 0.1) is 5.92 Å². The number of aromatic nitrogens is 2. The molecule has 6 nitrogen and oxygen atoms in total. The number of rotatable bonds is 7. The van der Waals surface area contributed by atoms with Crippen LogP contribution in [0.25, 0.3) is 0 Å². The van der Waals surface area contributed by atoms with Crippen LogP contribution < -0.4 is 10.6 Å². The SMILES string of the molecule is CCCNc1cnc(C(=O)NCC2CCOC2CC)cn1. The lowest BCUT2D eigenvalue weighted by Gasteiger charge is -2.17. The van der Waals surface area contributed by atoms with E-state index in [9.17, 15) is 4.79 Å². The van der Waals surface area contributed by atoms with Gasteiger partial charge in [0.05, 0.1) is 18.5 Å². The predicted octanol–water partition coefficient (Wildman–Crippen LogP) is 1.84. The summed E-state index contributed by atoms with van der Waals surface area (Å²) in [7, 11) is 0. The molecule has 1 aromatic rings. The molecule has 0 radical (unpaired) electrons. The summed E-state index contributed by atoms with van der Waals surface area (Å²) >= 11 is 0. The lowest BCUT2D eigenvalue weighted by molar-refractivity contribution is 0.0825. The third kappa shape index (κ3) is 4.39. The lowest BCUT2D eigenvalue weighted by Crippen LogP contribution is -2.33. The fraction of sp³-hybridized carbons (Fsp3) is 0.667. The molecule has 21 heavy (non-hydrogen) atoms. The number of nitrogens with one attached hydrogen (secondary N) is 2. The smallest absolute Gasteiger partial charge is 0.271 e. The number of nitrogens with zero attached hydrogens (tertiary/aromatic N) is 2. The van der Waals surface area contributed by atoms with Gasteiger partial charge >= 0.3 is 0 Å². The quantitative estimate of drug-likeness (QED) is 0.802. The Morgan fingerprint density at radius 2 is 2.24 bits per heavy atom. The average molecular weight is 292 g/mol. The highest BCUT2D eigenvalue weighted by Gasteiger charge is 2.27. The van der Waals surface area contributed by atoms with Crippen molar-refractivity contribution in [1.29, 1.82) is 0 Å². The maximum absolute atomic E-state index is 12.0. The van der Waals surface area contributed by atoms with Crippen molar-refractivity contribution in [2.45, 2.75) is 39.2 Å². The van der Waals surface area contributed by atoms with Gasteiger partial charge in [-0.05, 0) is 19.3 Å². The van der Waals surface area contributed by atoms with Gasteiger partial charge < -0.3 is 15.4 Å². The van der Waals surface area contributed by atoms with Crippen molar-refractivity contribution >= 4 is 11.7 Å². The van der Waals surface area contributed by atoms with E-state index in [0.717, 1.165) is 32.4 Å². The molecular formula is C15H24N4O2. The predicted molar refractivity (Wildman–Crippen MR) is 81.3 cm³/mol. The van der Waals surface area contributed by atoms with Crippen molar-refractivity contribution < 1.29 is 9.53 Å². The van der Waals surface area contributed by atoms with Crippen molar-refractivity contribution in [3.8, 4) is 0 Å². The number of anilines is 1. The molecule has 2 heterocycles. The van der Waals surface area contributed by atoms with E-state index in [1.54, 1.807) is 6.20 Å². The molecule has 116 valence electrons. The summed E-state index contributed by atoms with van der Waals surface area (Å²) in [6.45, 7) is 6.46. The Labute approximate surface area is 125 Å². The summed E-state index contributed by atoms with van der Waals surface area (Å²) < 4.78 is 5.62. The van der Waals surface area contributed by atoms with Crippen molar-refractivity contribution in [1.82, 2.24) is 15.3 Å². The minimum Gasteiger partial charge on any atom is -0.378 e. The second kappa shape index (κ2) is 7.93. The molecule has 0 aliphatic carbocycles. The Kier molecular flexibility index (Phi) is 5.92. The molecule has 6 heteroatoms. The zero-order chi connectivity index (χ0) is 15.1. The summed E-state index contributed by atoms with van der Waals surface area (Å²) in [5.41, 5.74) is 0.351. The first-order valence-corrected chi connectivity index (χ1v) is 7.70. The van der Waals surface area contributed by atoms with Gasteiger partial charge in [-0.1, -0.05) is 13.8 Å². The third-order valence-electron chi connectivity index (χ3n) is 3.71. The lowest BCUT2D eigenvalue weighted by atomic mass is 10.00. The van der Waals surface area contributed by atoms with Crippen LogP contribution in [0.4, 0.5) is 5.82 Å². The van der Waals surface area contributed by atoms with Crippen molar-refractivity contribution in [3.63, 3.8) is 0 Å². The van der Waals surface area contributed by atoms with Gasteiger partial charge in [-0.3, -0.25) is 4.79 Å². The summed E-state index contributed by atoms with van der Waals surface area (Å²) in [4.78, 5) is 20.4. The number of hydrogen-bond donors (Lipinski definition) is 2. The van der Waals surface area contributed by atoms with Crippen LogP contribution in [-0.2, 0) is 4.74 Å². The maximum Gasteiger partial charge on any atom is 0.271 e. The molecule has 0 spiro atoms. The molecule has 0 bridgehead atoms. The van der Waals surface area contributed by atoms with E-state index in [-0.39, 0.29) is 12.0 Å². The molecule has 1 aliphatic heterocycles. The Morgan fingerprint density at radius 1 is 1.38 bits per heavy atom. The first kappa shape index (κ1) is 15.7. The maximum atomic E-state index is 12.0. The van der Waals surface area contributed by atoms with Gasteiger partial charge in [-0.15, -0.1) is 0 Å². The van der Waals surface area contributed by atoms with Gasteiger partial charge in [-0.2, -0.15) is 0 Å². The van der Waals surface area contributed by atoms with Crippen molar-refractivity contribution in [2.75, 3.05) is 25.0 Å². The first-order valence-electron chi connectivity index (χ1n) is 7.70. The van der Waals surface area contributed by atoms with Crippen LogP contribution in [0.1, 0.15) is 43.6 Å². The fourth-order valence-electron chi connectivity index (χ4n) is 2.48. The highest BCUT2D eigenvalue weighted by molar-refractivity contribution is 5.91. The third-order valence-corrected chi connectivity index (χ3v) is 3.71. The molecule has 1 aliphatic rings. The number of amides is 1. The molecule has 2 atom stereocenters. The highest BCUT2D eigenvalue weighted by Crippen LogP contribution is 2.22. The summed E-state index contributed by atoms with van der Waals surface area (Å²) in [5, 5.41) is 6.05. The van der Waals surface area contributed by atoms with Crippen LogP contribution >= 0.6 is 0 Å². The van der Waals surface area contributed by atoms with Gasteiger partial charge in [0.15, 0.2) is 0 Å². The van der Waals surface area contributed by atoms with Gasteiger partial charge in [-0.25, -0.2) is 9.97 Å². The normalized spacial score (nSPS) is 21.2. The van der Waals surface area contributed by atoms with Crippen LogP contribution in [0.15, 0.2) is 12.4 Å².